The zero-order valence-electron chi connectivity index (χ0n) is 10.4. The third kappa shape index (κ3) is 2.58. The van der Waals surface area contributed by atoms with Gasteiger partial charge in [0.25, 0.3) is 5.22 Å². The Morgan fingerprint density at radius 1 is 1.30 bits per heavy atom. The molecule has 0 fully saturated rings. The zero-order chi connectivity index (χ0) is 13.9. The number of fused-ring (bicyclic) bond motifs is 1. The van der Waals surface area contributed by atoms with E-state index in [2.05, 4.69) is 9.97 Å². The molecule has 0 radical (unpaired) electrons. The lowest BCUT2D eigenvalue weighted by Gasteiger charge is -1.97. The van der Waals surface area contributed by atoms with Crippen LogP contribution in [0.3, 0.4) is 0 Å². The van der Waals surface area contributed by atoms with Gasteiger partial charge in [-0.05, 0) is 35.9 Å². The first kappa shape index (κ1) is 12.5. The van der Waals surface area contributed by atoms with Crippen molar-refractivity contribution in [2.45, 2.75) is 11.0 Å². The summed E-state index contributed by atoms with van der Waals surface area (Å²) in [5, 5.41) is 9.39. The van der Waals surface area contributed by atoms with Gasteiger partial charge in [-0.15, -0.1) is 0 Å². The Morgan fingerprint density at radius 3 is 3.05 bits per heavy atom. The predicted molar refractivity (Wildman–Crippen MR) is 76.9 cm³/mol. The highest BCUT2D eigenvalue weighted by molar-refractivity contribution is 7.98. The fourth-order valence-electron chi connectivity index (χ4n) is 1.76. The normalized spacial score (nSPS) is 10.6. The highest BCUT2D eigenvalue weighted by Gasteiger charge is 2.07. The van der Waals surface area contributed by atoms with Crippen molar-refractivity contribution < 1.29 is 4.42 Å². The van der Waals surface area contributed by atoms with E-state index in [1.54, 1.807) is 24.4 Å². The summed E-state index contributed by atoms with van der Waals surface area (Å²) in [5.41, 5.74) is 9.25. The number of nitrogens with zero attached hydrogens (tertiary/aromatic N) is 3. The number of oxazole rings is 1. The van der Waals surface area contributed by atoms with Crippen molar-refractivity contribution >= 4 is 28.5 Å². The third-order valence-corrected chi connectivity index (χ3v) is 3.59. The van der Waals surface area contributed by atoms with Crippen molar-refractivity contribution in [2.75, 3.05) is 5.73 Å². The van der Waals surface area contributed by atoms with E-state index in [0.717, 1.165) is 11.1 Å². The monoisotopic (exact) mass is 282 g/mol. The van der Waals surface area contributed by atoms with Crippen LogP contribution >= 0.6 is 11.8 Å². The van der Waals surface area contributed by atoms with Gasteiger partial charge in [-0.25, -0.2) is 9.97 Å². The van der Waals surface area contributed by atoms with E-state index in [1.165, 1.54) is 11.8 Å². The van der Waals surface area contributed by atoms with Crippen LogP contribution in [0.4, 0.5) is 5.69 Å². The Labute approximate surface area is 119 Å². The molecule has 3 aromatic rings. The van der Waals surface area contributed by atoms with Crippen LogP contribution in [-0.4, -0.2) is 9.97 Å². The van der Waals surface area contributed by atoms with Crippen LogP contribution in [0.2, 0.25) is 0 Å². The first-order chi connectivity index (χ1) is 9.74. The molecule has 5 nitrogen and oxygen atoms in total. The van der Waals surface area contributed by atoms with Crippen LogP contribution in [0.15, 0.2) is 46.2 Å². The quantitative estimate of drug-likeness (QED) is 0.587. The van der Waals surface area contributed by atoms with E-state index < -0.39 is 0 Å². The lowest BCUT2D eigenvalue weighted by molar-refractivity contribution is 0.489. The number of pyridine rings is 1. The number of hydrogen-bond donors (Lipinski definition) is 1. The number of hydrogen-bond acceptors (Lipinski definition) is 6. The van der Waals surface area contributed by atoms with Gasteiger partial charge in [0.05, 0.1) is 0 Å². The fourth-order valence-corrected chi connectivity index (χ4v) is 2.54. The maximum Gasteiger partial charge on any atom is 0.257 e. The molecule has 2 heterocycles. The van der Waals surface area contributed by atoms with Crippen molar-refractivity contribution in [1.29, 1.82) is 5.26 Å². The molecular weight excluding hydrogens is 272 g/mol. The summed E-state index contributed by atoms with van der Waals surface area (Å²) in [4.78, 5) is 8.30. The summed E-state index contributed by atoms with van der Waals surface area (Å²) in [6, 6.07) is 11.0. The van der Waals surface area contributed by atoms with Crippen LogP contribution in [0.1, 0.15) is 11.3 Å². The molecule has 20 heavy (non-hydrogen) atoms. The molecule has 0 aliphatic heterocycles. The summed E-state index contributed by atoms with van der Waals surface area (Å²) >= 11 is 1.47. The van der Waals surface area contributed by atoms with Crippen molar-refractivity contribution in [3.8, 4) is 6.07 Å². The number of aromatic nitrogens is 2. The molecule has 2 N–H and O–H groups in total. The number of nitriles is 1. The topological polar surface area (TPSA) is 88.7 Å². The number of rotatable bonds is 3. The molecule has 0 aliphatic rings. The maximum atomic E-state index is 8.81. The Bertz CT molecular complexity index is 806. The van der Waals surface area contributed by atoms with Gasteiger partial charge in [-0.3, -0.25) is 0 Å². The Hall–Kier alpha value is -2.52. The van der Waals surface area contributed by atoms with Gasteiger partial charge in [0.2, 0.25) is 0 Å². The molecule has 6 heteroatoms. The molecule has 0 amide bonds. The molecule has 0 saturated carbocycles. The number of nitrogens with two attached hydrogens (primary N) is 1. The minimum absolute atomic E-state index is 0.411. The molecule has 0 atom stereocenters. The minimum Gasteiger partial charge on any atom is -0.431 e. The van der Waals surface area contributed by atoms with E-state index in [1.807, 2.05) is 18.2 Å². The van der Waals surface area contributed by atoms with Crippen molar-refractivity contribution in [2.24, 2.45) is 0 Å². The highest BCUT2D eigenvalue weighted by atomic mass is 32.2. The van der Waals surface area contributed by atoms with Gasteiger partial charge in [-0.2, -0.15) is 5.26 Å². The van der Waals surface area contributed by atoms with Gasteiger partial charge in [0.15, 0.2) is 5.58 Å². The molecule has 0 unspecified atom stereocenters. The van der Waals surface area contributed by atoms with E-state index >= 15 is 0 Å². The smallest absolute Gasteiger partial charge is 0.257 e. The number of anilines is 1. The second-order valence-electron chi connectivity index (χ2n) is 4.16. The summed E-state index contributed by atoms with van der Waals surface area (Å²) in [7, 11) is 0. The Balaban J connectivity index is 1.78. The van der Waals surface area contributed by atoms with Crippen LogP contribution in [0.5, 0.6) is 0 Å². The van der Waals surface area contributed by atoms with Gasteiger partial charge >= 0.3 is 0 Å². The molecule has 0 aliphatic carbocycles. The van der Waals surface area contributed by atoms with Crippen LogP contribution in [-0.2, 0) is 5.75 Å². The number of thioether (sulfide) groups is 1. The molecule has 1 aromatic carbocycles. The zero-order valence-corrected chi connectivity index (χ0v) is 11.2. The largest absolute Gasteiger partial charge is 0.431 e. The van der Waals surface area contributed by atoms with Gasteiger partial charge < -0.3 is 10.2 Å². The fraction of sp³-hybridized carbons (Fsp3) is 0.0714. The van der Waals surface area contributed by atoms with E-state index in [0.29, 0.717) is 27.9 Å². The van der Waals surface area contributed by atoms with Crippen LogP contribution < -0.4 is 5.73 Å². The average molecular weight is 282 g/mol. The van der Waals surface area contributed by atoms with E-state index in [-0.39, 0.29) is 0 Å². The van der Waals surface area contributed by atoms with Gasteiger partial charge in [0, 0.05) is 17.6 Å². The number of nitrogen functional groups attached to an aromatic ring is 1. The molecule has 98 valence electrons. The lowest BCUT2D eigenvalue weighted by atomic mass is 10.2. The Kier molecular flexibility index (Phi) is 3.27. The second kappa shape index (κ2) is 5.23. The highest BCUT2D eigenvalue weighted by Crippen LogP contribution is 2.27. The first-order valence-corrected chi connectivity index (χ1v) is 6.87. The molecule has 2 aromatic heterocycles. The van der Waals surface area contributed by atoms with Crippen molar-refractivity contribution in [3.63, 3.8) is 0 Å². The van der Waals surface area contributed by atoms with E-state index in [9.17, 15) is 0 Å². The molecule has 0 bridgehead atoms. The Morgan fingerprint density at radius 2 is 2.20 bits per heavy atom. The van der Waals surface area contributed by atoms with Gasteiger partial charge in [0.1, 0.15) is 17.3 Å². The third-order valence-electron chi connectivity index (χ3n) is 2.69. The maximum absolute atomic E-state index is 8.81. The second-order valence-corrected chi connectivity index (χ2v) is 5.08. The standard InChI is InChI=1S/C14H10N4OS/c15-7-11-5-9(3-4-17-11)8-20-14-18-12-6-10(16)1-2-13(12)19-14/h1-6H,8,16H2. The SMILES string of the molecule is N#Cc1cc(CSc2nc3cc(N)ccc3o2)ccn1. The molecule has 0 spiro atoms. The van der Waals surface area contributed by atoms with Crippen molar-refractivity contribution in [1.82, 2.24) is 9.97 Å². The molecular formula is C14H10N4OS. The summed E-state index contributed by atoms with van der Waals surface area (Å²) in [5.74, 6) is 0.666. The van der Waals surface area contributed by atoms with Crippen LogP contribution in [0, 0.1) is 11.3 Å². The first-order valence-electron chi connectivity index (χ1n) is 5.88. The summed E-state index contributed by atoms with van der Waals surface area (Å²) in [6.07, 6.45) is 1.63. The predicted octanol–water partition coefficient (Wildman–Crippen LogP) is 2.97. The molecule has 3 rings (SSSR count). The lowest BCUT2D eigenvalue weighted by Crippen LogP contribution is -1.86. The summed E-state index contributed by atoms with van der Waals surface area (Å²) < 4.78 is 5.62. The minimum atomic E-state index is 0.411. The summed E-state index contributed by atoms with van der Waals surface area (Å²) in [6.45, 7) is 0. The number of benzene rings is 1. The van der Waals surface area contributed by atoms with Gasteiger partial charge in [-0.1, -0.05) is 11.8 Å². The van der Waals surface area contributed by atoms with Crippen molar-refractivity contribution in [3.05, 3.63) is 47.8 Å². The van der Waals surface area contributed by atoms with E-state index in [4.69, 9.17) is 15.4 Å². The van der Waals surface area contributed by atoms with Crippen LogP contribution in [0.25, 0.3) is 11.1 Å². The molecule has 0 saturated heterocycles. The average Bonchev–Trinajstić information content (AvgIpc) is 2.87.